The fourth-order valence-electron chi connectivity index (χ4n) is 1.78. The predicted octanol–water partition coefficient (Wildman–Crippen LogP) is 5.11. The third kappa shape index (κ3) is 3.95. The first kappa shape index (κ1) is 14.8. The van der Waals surface area contributed by atoms with Gasteiger partial charge in [-0.2, -0.15) is 0 Å². The average molecular weight is 311 g/mol. The van der Waals surface area contributed by atoms with Crippen LogP contribution in [0, 0.1) is 0 Å². The molecular formula is C15H16Cl2N2O. The number of rotatable bonds is 4. The molecule has 2 aromatic rings. The number of anilines is 3. The van der Waals surface area contributed by atoms with Crippen molar-refractivity contribution in [2.24, 2.45) is 0 Å². The molecule has 2 rings (SSSR count). The Kier molecular flexibility index (Phi) is 4.63. The molecule has 0 aliphatic carbocycles. The molecule has 0 spiro atoms. The molecule has 0 bridgehead atoms. The molecular weight excluding hydrogens is 295 g/mol. The van der Waals surface area contributed by atoms with Crippen LogP contribution >= 0.6 is 23.2 Å². The molecule has 20 heavy (non-hydrogen) atoms. The van der Waals surface area contributed by atoms with Gasteiger partial charge in [0, 0.05) is 28.5 Å². The number of halogens is 2. The van der Waals surface area contributed by atoms with Crippen LogP contribution in [0.3, 0.4) is 0 Å². The van der Waals surface area contributed by atoms with Gasteiger partial charge in [0.15, 0.2) is 0 Å². The zero-order chi connectivity index (χ0) is 14.7. The summed E-state index contributed by atoms with van der Waals surface area (Å²) in [4.78, 5) is 0. The van der Waals surface area contributed by atoms with E-state index in [2.05, 4.69) is 5.32 Å². The SMILES string of the molecule is CC(C)Oc1cc(N)cc(Nc2cc(Cl)ccc2Cl)c1. The highest BCUT2D eigenvalue weighted by molar-refractivity contribution is 6.35. The lowest BCUT2D eigenvalue weighted by molar-refractivity contribution is 0.242. The second kappa shape index (κ2) is 6.25. The largest absolute Gasteiger partial charge is 0.491 e. The van der Waals surface area contributed by atoms with E-state index in [-0.39, 0.29) is 6.10 Å². The van der Waals surface area contributed by atoms with Crippen molar-refractivity contribution in [1.82, 2.24) is 0 Å². The molecule has 3 N–H and O–H groups in total. The Hall–Kier alpha value is -1.58. The maximum atomic E-state index is 6.13. The number of benzene rings is 2. The van der Waals surface area contributed by atoms with E-state index < -0.39 is 0 Å². The molecule has 0 aliphatic rings. The zero-order valence-corrected chi connectivity index (χ0v) is 12.8. The molecule has 2 aromatic carbocycles. The molecule has 0 radical (unpaired) electrons. The van der Waals surface area contributed by atoms with Gasteiger partial charge in [-0.3, -0.25) is 0 Å². The summed E-state index contributed by atoms with van der Waals surface area (Å²) in [5.41, 5.74) is 8.01. The van der Waals surface area contributed by atoms with Crippen molar-refractivity contribution in [2.75, 3.05) is 11.1 Å². The Morgan fingerprint density at radius 2 is 1.85 bits per heavy atom. The summed E-state index contributed by atoms with van der Waals surface area (Å²) >= 11 is 12.1. The van der Waals surface area contributed by atoms with Gasteiger partial charge < -0.3 is 15.8 Å². The van der Waals surface area contributed by atoms with Crippen LogP contribution in [-0.4, -0.2) is 6.10 Å². The number of ether oxygens (including phenoxy) is 1. The van der Waals surface area contributed by atoms with Gasteiger partial charge in [0.25, 0.3) is 0 Å². The molecule has 106 valence electrons. The van der Waals surface area contributed by atoms with Crippen LogP contribution in [0.5, 0.6) is 5.75 Å². The highest BCUT2D eigenvalue weighted by Crippen LogP contribution is 2.31. The van der Waals surface area contributed by atoms with Gasteiger partial charge in [0.05, 0.1) is 16.8 Å². The highest BCUT2D eigenvalue weighted by Gasteiger charge is 2.05. The van der Waals surface area contributed by atoms with Gasteiger partial charge in [-0.25, -0.2) is 0 Å². The summed E-state index contributed by atoms with van der Waals surface area (Å²) in [6.45, 7) is 3.92. The first-order valence-electron chi connectivity index (χ1n) is 6.23. The third-order valence-corrected chi connectivity index (χ3v) is 3.07. The van der Waals surface area contributed by atoms with Crippen LogP contribution in [0.15, 0.2) is 36.4 Å². The normalized spacial score (nSPS) is 10.7. The summed E-state index contributed by atoms with van der Waals surface area (Å²) in [5, 5.41) is 4.39. The van der Waals surface area contributed by atoms with Crippen LogP contribution in [0.1, 0.15) is 13.8 Å². The molecule has 0 saturated heterocycles. The number of nitrogens with two attached hydrogens (primary N) is 1. The topological polar surface area (TPSA) is 47.3 Å². The number of hydrogen-bond donors (Lipinski definition) is 2. The summed E-state index contributed by atoms with van der Waals surface area (Å²) < 4.78 is 5.65. The van der Waals surface area contributed by atoms with Crippen molar-refractivity contribution in [3.63, 3.8) is 0 Å². The van der Waals surface area contributed by atoms with E-state index in [0.29, 0.717) is 21.5 Å². The molecule has 3 nitrogen and oxygen atoms in total. The first-order chi connectivity index (χ1) is 9.44. The monoisotopic (exact) mass is 310 g/mol. The number of nitrogens with one attached hydrogen (secondary N) is 1. The summed E-state index contributed by atoms with van der Waals surface area (Å²) in [7, 11) is 0. The van der Waals surface area contributed by atoms with Crippen LogP contribution in [0.2, 0.25) is 10.0 Å². The maximum absolute atomic E-state index is 6.13. The lowest BCUT2D eigenvalue weighted by atomic mass is 10.2. The Labute approximate surface area is 128 Å². The zero-order valence-electron chi connectivity index (χ0n) is 11.3. The second-order valence-electron chi connectivity index (χ2n) is 4.71. The van der Waals surface area contributed by atoms with Gasteiger partial charge in [-0.1, -0.05) is 23.2 Å². The Morgan fingerprint density at radius 1 is 1.10 bits per heavy atom. The lowest BCUT2D eigenvalue weighted by Gasteiger charge is -2.14. The highest BCUT2D eigenvalue weighted by atomic mass is 35.5. The van der Waals surface area contributed by atoms with E-state index in [1.54, 1.807) is 24.3 Å². The molecule has 0 fully saturated rings. The minimum absolute atomic E-state index is 0.0828. The average Bonchev–Trinajstić information content (AvgIpc) is 2.32. The molecule has 0 aromatic heterocycles. The van der Waals surface area contributed by atoms with Crippen LogP contribution in [0.4, 0.5) is 17.1 Å². The van der Waals surface area contributed by atoms with Crippen LogP contribution in [-0.2, 0) is 0 Å². The molecule has 0 amide bonds. The smallest absolute Gasteiger partial charge is 0.123 e. The summed E-state index contributed by atoms with van der Waals surface area (Å²) in [6, 6.07) is 10.7. The minimum Gasteiger partial charge on any atom is -0.491 e. The molecule has 0 saturated carbocycles. The van der Waals surface area contributed by atoms with Gasteiger partial charge in [-0.05, 0) is 38.1 Å². The van der Waals surface area contributed by atoms with Crippen molar-refractivity contribution in [3.8, 4) is 5.75 Å². The van der Waals surface area contributed by atoms with E-state index in [9.17, 15) is 0 Å². The minimum atomic E-state index is 0.0828. The lowest BCUT2D eigenvalue weighted by Crippen LogP contribution is -2.06. The molecule has 0 aliphatic heterocycles. The molecule has 0 heterocycles. The van der Waals surface area contributed by atoms with E-state index >= 15 is 0 Å². The van der Waals surface area contributed by atoms with E-state index in [4.69, 9.17) is 33.7 Å². The fraction of sp³-hybridized carbons (Fsp3) is 0.200. The van der Waals surface area contributed by atoms with Crippen molar-refractivity contribution in [1.29, 1.82) is 0 Å². The molecule has 0 atom stereocenters. The Morgan fingerprint density at radius 3 is 2.55 bits per heavy atom. The van der Waals surface area contributed by atoms with Crippen molar-refractivity contribution in [2.45, 2.75) is 20.0 Å². The van der Waals surface area contributed by atoms with Crippen molar-refractivity contribution in [3.05, 3.63) is 46.4 Å². The van der Waals surface area contributed by atoms with Gasteiger partial charge >= 0.3 is 0 Å². The van der Waals surface area contributed by atoms with Crippen molar-refractivity contribution < 1.29 is 4.74 Å². The Bertz CT molecular complexity index is 615. The van der Waals surface area contributed by atoms with Gasteiger partial charge in [-0.15, -0.1) is 0 Å². The summed E-state index contributed by atoms with van der Waals surface area (Å²) in [6.07, 6.45) is 0.0828. The Balaban J connectivity index is 2.28. The number of nitrogen functional groups attached to an aromatic ring is 1. The van der Waals surface area contributed by atoms with Gasteiger partial charge in [0.1, 0.15) is 5.75 Å². The maximum Gasteiger partial charge on any atom is 0.123 e. The third-order valence-electron chi connectivity index (χ3n) is 2.51. The van der Waals surface area contributed by atoms with Gasteiger partial charge in [0.2, 0.25) is 0 Å². The quantitative estimate of drug-likeness (QED) is 0.772. The number of hydrogen-bond acceptors (Lipinski definition) is 3. The predicted molar refractivity (Wildman–Crippen MR) is 86.4 cm³/mol. The standard InChI is InChI=1S/C15H16Cl2N2O/c1-9(2)20-13-7-11(18)6-12(8-13)19-15-5-10(16)3-4-14(15)17/h3-9,19H,18H2,1-2H3. The van der Waals surface area contributed by atoms with E-state index in [1.165, 1.54) is 0 Å². The molecule has 0 unspecified atom stereocenters. The fourth-order valence-corrected chi connectivity index (χ4v) is 2.12. The van der Waals surface area contributed by atoms with E-state index in [1.807, 2.05) is 26.0 Å². The molecule has 5 heteroatoms. The van der Waals surface area contributed by atoms with E-state index in [0.717, 1.165) is 11.4 Å². The second-order valence-corrected chi connectivity index (χ2v) is 5.55. The summed E-state index contributed by atoms with van der Waals surface area (Å²) in [5.74, 6) is 0.709. The van der Waals surface area contributed by atoms with Crippen LogP contribution < -0.4 is 15.8 Å². The van der Waals surface area contributed by atoms with Crippen molar-refractivity contribution >= 4 is 40.3 Å². The first-order valence-corrected chi connectivity index (χ1v) is 6.99. The van der Waals surface area contributed by atoms with Crippen LogP contribution in [0.25, 0.3) is 0 Å².